The van der Waals surface area contributed by atoms with Gasteiger partial charge in [-0.3, -0.25) is 10.1 Å². The Labute approximate surface area is 153 Å². The molecule has 9 heteroatoms. The van der Waals surface area contributed by atoms with E-state index in [1.807, 2.05) is 6.92 Å². The number of nitrogens with one attached hydrogen (secondary N) is 1. The van der Waals surface area contributed by atoms with Crippen molar-refractivity contribution in [3.05, 3.63) is 46.5 Å². The molecule has 5 atom stereocenters. The Morgan fingerprint density at radius 2 is 2.04 bits per heavy atom. The second-order valence-electron chi connectivity index (χ2n) is 6.11. The molecule has 5 N–H and O–H groups in total. The maximum atomic E-state index is 12.4. The molecule has 2 aromatic rings. The van der Waals surface area contributed by atoms with Crippen molar-refractivity contribution in [2.45, 2.75) is 37.4 Å². The summed E-state index contributed by atoms with van der Waals surface area (Å²) >= 11 is 1.35. The quantitative estimate of drug-likeness (QED) is 0.512. The van der Waals surface area contributed by atoms with Gasteiger partial charge in [0, 0.05) is 16.6 Å². The van der Waals surface area contributed by atoms with Gasteiger partial charge in [-0.25, -0.2) is 4.98 Å². The fourth-order valence-electron chi connectivity index (χ4n) is 2.82. The Hall–Kier alpha value is -1.88. The van der Waals surface area contributed by atoms with Crippen molar-refractivity contribution in [3.8, 4) is 0 Å². The molecule has 1 fully saturated rings. The number of amides is 1. The average molecular weight is 380 g/mol. The Kier molecular flexibility index (Phi) is 5.66. The van der Waals surface area contributed by atoms with Crippen LogP contribution in [0.1, 0.15) is 26.9 Å². The predicted molar refractivity (Wildman–Crippen MR) is 94.0 cm³/mol. The van der Waals surface area contributed by atoms with Gasteiger partial charge in [-0.15, -0.1) is 11.3 Å². The molecule has 1 aromatic heterocycles. The lowest BCUT2D eigenvalue weighted by molar-refractivity contribution is -0.231. The first-order valence-electron chi connectivity index (χ1n) is 8.05. The third-order valence-corrected chi connectivity index (χ3v) is 5.04. The van der Waals surface area contributed by atoms with Crippen molar-refractivity contribution in [3.63, 3.8) is 0 Å². The van der Waals surface area contributed by atoms with Gasteiger partial charge in [0.25, 0.3) is 5.91 Å². The number of ether oxygens (including phenoxy) is 1. The van der Waals surface area contributed by atoms with E-state index < -0.39 is 37.1 Å². The van der Waals surface area contributed by atoms with Crippen LogP contribution in [0.4, 0.5) is 5.13 Å². The van der Waals surface area contributed by atoms with Crippen molar-refractivity contribution >= 4 is 22.4 Å². The second-order valence-corrected chi connectivity index (χ2v) is 7.34. The third-order valence-electron chi connectivity index (χ3n) is 4.21. The molecule has 0 saturated carbocycles. The molecule has 1 amide bonds. The van der Waals surface area contributed by atoms with Gasteiger partial charge >= 0.3 is 0 Å². The molecule has 2 heterocycles. The normalized spacial score (nSPS) is 28.7. The van der Waals surface area contributed by atoms with Crippen LogP contribution in [0.25, 0.3) is 0 Å². The van der Waals surface area contributed by atoms with E-state index in [2.05, 4.69) is 10.3 Å². The first kappa shape index (κ1) is 18.9. The molecule has 0 radical (unpaired) electrons. The van der Waals surface area contributed by atoms with Gasteiger partial charge < -0.3 is 25.2 Å². The number of aryl methyl sites for hydroxylation is 1. The van der Waals surface area contributed by atoms with Crippen molar-refractivity contribution in [1.29, 1.82) is 0 Å². The molecule has 26 heavy (non-hydrogen) atoms. The summed E-state index contributed by atoms with van der Waals surface area (Å²) in [6.07, 6.45) is -4.63. The van der Waals surface area contributed by atoms with E-state index in [9.17, 15) is 25.2 Å². The van der Waals surface area contributed by atoms with E-state index in [0.29, 0.717) is 16.3 Å². The van der Waals surface area contributed by atoms with Crippen LogP contribution in [0.5, 0.6) is 0 Å². The fraction of sp³-hybridized carbons (Fsp3) is 0.412. The summed E-state index contributed by atoms with van der Waals surface area (Å²) < 4.78 is 5.52. The monoisotopic (exact) mass is 380 g/mol. The summed E-state index contributed by atoms with van der Waals surface area (Å²) in [7, 11) is 0. The highest BCUT2D eigenvalue weighted by atomic mass is 32.1. The zero-order chi connectivity index (χ0) is 18.8. The Morgan fingerprint density at radius 1 is 1.27 bits per heavy atom. The number of aromatic nitrogens is 1. The summed E-state index contributed by atoms with van der Waals surface area (Å²) in [5.41, 5.74) is 0.775. The van der Waals surface area contributed by atoms with E-state index in [1.54, 1.807) is 24.4 Å². The smallest absolute Gasteiger partial charge is 0.257 e. The lowest BCUT2D eigenvalue weighted by atomic mass is 9.90. The molecule has 1 saturated heterocycles. The molecule has 140 valence electrons. The van der Waals surface area contributed by atoms with E-state index in [4.69, 9.17) is 4.74 Å². The maximum Gasteiger partial charge on any atom is 0.257 e. The molecular weight excluding hydrogens is 360 g/mol. The van der Waals surface area contributed by atoms with Gasteiger partial charge in [-0.2, -0.15) is 0 Å². The molecule has 1 aromatic carbocycles. The molecule has 1 aliphatic rings. The second kappa shape index (κ2) is 7.78. The molecule has 0 spiro atoms. The molecule has 1 aliphatic heterocycles. The van der Waals surface area contributed by atoms with Crippen LogP contribution in [-0.4, -0.2) is 62.3 Å². The number of thiazole rings is 1. The van der Waals surface area contributed by atoms with E-state index in [0.717, 1.165) is 4.88 Å². The van der Waals surface area contributed by atoms with Gasteiger partial charge in [-0.1, -0.05) is 12.1 Å². The van der Waals surface area contributed by atoms with Crippen molar-refractivity contribution in [2.24, 2.45) is 0 Å². The predicted octanol–water partition coefficient (Wildman–Crippen LogP) is 0.219. The van der Waals surface area contributed by atoms with E-state index in [-0.39, 0.29) is 5.91 Å². The number of carbonyl (C=O) groups excluding carboxylic acids is 1. The highest BCUT2D eigenvalue weighted by Crippen LogP contribution is 2.32. The van der Waals surface area contributed by atoms with Crippen molar-refractivity contribution in [2.75, 3.05) is 11.9 Å². The molecule has 0 unspecified atom stereocenters. The number of anilines is 1. The van der Waals surface area contributed by atoms with Gasteiger partial charge in [0.15, 0.2) is 5.13 Å². The average Bonchev–Trinajstić information content (AvgIpc) is 3.05. The molecule has 8 nitrogen and oxygen atoms in total. The first-order chi connectivity index (χ1) is 12.4. The van der Waals surface area contributed by atoms with Crippen LogP contribution >= 0.6 is 11.3 Å². The van der Waals surface area contributed by atoms with Crippen molar-refractivity contribution in [1.82, 2.24) is 4.98 Å². The van der Waals surface area contributed by atoms with Crippen LogP contribution in [-0.2, 0) is 4.74 Å². The molecule has 0 aliphatic carbocycles. The Bertz CT molecular complexity index is 780. The summed E-state index contributed by atoms with van der Waals surface area (Å²) in [4.78, 5) is 17.4. The first-order valence-corrected chi connectivity index (χ1v) is 8.86. The number of aliphatic hydroxyl groups excluding tert-OH is 4. The minimum Gasteiger partial charge on any atom is -0.394 e. The van der Waals surface area contributed by atoms with Gasteiger partial charge in [-0.05, 0) is 24.6 Å². The Morgan fingerprint density at radius 3 is 2.69 bits per heavy atom. The standard InChI is InChI=1S/C17H20N2O6S/c1-8-6-18-17(26-8)19-16(24)10-4-2-3-9(5-10)15-14(23)13(22)12(21)11(7-20)25-15/h2-6,11-15,20-23H,7H2,1H3,(H,18,19,24)/t11-,12-,13+,14+,15-/m1/s1. The summed E-state index contributed by atoms with van der Waals surface area (Å²) in [5.74, 6) is -0.370. The summed E-state index contributed by atoms with van der Waals surface area (Å²) in [6, 6.07) is 6.39. The van der Waals surface area contributed by atoms with E-state index in [1.165, 1.54) is 17.4 Å². The number of benzene rings is 1. The lowest BCUT2D eigenvalue weighted by Gasteiger charge is -2.40. The molecule has 0 bridgehead atoms. The lowest BCUT2D eigenvalue weighted by Crippen LogP contribution is -2.55. The topological polar surface area (TPSA) is 132 Å². The highest BCUT2D eigenvalue weighted by Gasteiger charge is 2.43. The number of aliphatic hydroxyl groups is 4. The van der Waals surface area contributed by atoms with Crippen LogP contribution in [0, 0.1) is 6.92 Å². The van der Waals surface area contributed by atoms with Gasteiger partial charge in [0.1, 0.15) is 30.5 Å². The zero-order valence-electron chi connectivity index (χ0n) is 13.9. The maximum absolute atomic E-state index is 12.4. The van der Waals surface area contributed by atoms with Gasteiger partial charge in [0.2, 0.25) is 0 Å². The van der Waals surface area contributed by atoms with Crippen LogP contribution in [0.3, 0.4) is 0 Å². The number of carbonyl (C=O) groups is 1. The fourth-order valence-corrected chi connectivity index (χ4v) is 3.48. The number of nitrogens with zero attached hydrogens (tertiary/aromatic N) is 1. The largest absolute Gasteiger partial charge is 0.394 e. The molecular formula is C17H20N2O6S. The summed E-state index contributed by atoms with van der Waals surface area (Å²) in [6.45, 7) is 1.37. The number of hydrogen-bond donors (Lipinski definition) is 5. The van der Waals surface area contributed by atoms with Crippen molar-refractivity contribution < 1.29 is 30.0 Å². The van der Waals surface area contributed by atoms with Crippen LogP contribution < -0.4 is 5.32 Å². The Balaban J connectivity index is 1.81. The molecule has 3 rings (SSSR count). The van der Waals surface area contributed by atoms with E-state index >= 15 is 0 Å². The summed E-state index contributed by atoms with van der Waals surface area (Å²) in [5, 5.41) is 42.5. The highest BCUT2D eigenvalue weighted by molar-refractivity contribution is 7.15. The minimum atomic E-state index is -1.47. The van der Waals surface area contributed by atoms with Crippen LogP contribution in [0.2, 0.25) is 0 Å². The zero-order valence-corrected chi connectivity index (χ0v) is 14.8. The third kappa shape index (κ3) is 3.78. The number of rotatable bonds is 4. The number of hydrogen-bond acceptors (Lipinski definition) is 8. The SMILES string of the molecule is Cc1cnc(NC(=O)c2cccc([C@H]3O[C@H](CO)[C@@H](O)[C@H](O)[C@@H]3O)c2)s1. The van der Waals surface area contributed by atoms with Gasteiger partial charge in [0.05, 0.1) is 6.61 Å². The van der Waals surface area contributed by atoms with Crippen LogP contribution in [0.15, 0.2) is 30.5 Å². The minimum absolute atomic E-state index is 0.326.